The lowest BCUT2D eigenvalue weighted by atomic mass is 10.0. The predicted octanol–water partition coefficient (Wildman–Crippen LogP) is 2.09. The van der Waals surface area contributed by atoms with Crippen LogP contribution in [0, 0.1) is 5.92 Å². The highest BCUT2D eigenvalue weighted by Crippen LogP contribution is 2.13. The zero-order valence-corrected chi connectivity index (χ0v) is 9.88. The van der Waals surface area contributed by atoms with Gasteiger partial charge in [-0.3, -0.25) is 0 Å². The first-order valence-corrected chi connectivity index (χ1v) is 5.46. The van der Waals surface area contributed by atoms with Crippen LogP contribution in [0.25, 0.3) is 0 Å². The van der Waals surface area contributed by atoms with Gasteiger partial charge in [0.15, 0.2) is 0 Å². The van der Waals surface area contributed by atoms with Gasteiger partial charge in [0.1, 0.15) is 0 Å². The Morgan fingerprint density at radius 3 is 2.15 bits per heavy atom. The summed E-state index contributed by atoms with van der Waals surface area (Å²) in [5.74, 6) is 0.587. The fourth-order valence-electron chi connectivity index (χ4n) is 1.62. The van der Waals surface area contributed by atoms with Crippen molar-refractivity contribution in [2.45, 2.75) is 52.6 Å². The van der Waals surface area contributed by atoms with Crippen molar-refractivity contribution in [3.05, 3.63) is 0 Å². The summed E-state index contributed by atoms with van der Waals surface area (Å²) in [6, 6.07) is 1.26. The minimum atomic E-state index is 0.587. The van der Waals surface area contributed by atoms with Gasteiger partial charge in [0.2, 0.25) is 0 Å². The minimum Gasteiger partial charge on any atom is -0.330 e. The first-order valence-electron chi connectivity index (χ1n) is 5.46. The van der Waals surface area contributed by atoms with Gasteiger partial charge in [0.25, 0.3) is 0 Å². The molecule has 0 aromatic rings. The molecule has 0 heterocycles. The van der Waals surface area contributed by atoms with Crippen LogP contribution < -0.4 is 5.73 Å². The molecule has 0 saturated heterocycles. The molecule has 0 aromatic carbocycles. The summed E-state index contributed by atoms with van der Waals surface area (Å²) in [4.78, 5) is 2.45. The molecule has 0 saturated carbocycles. The summed E-state index contributed by atoms with van der Waals surface area (Å²) in [6.07, 6.45) is 2.54. The predicted molar refractivity (Wildman–Crippen MR) is 59.8 cm³/mol. The zero-order chi connectivity index (χ0) is 10.4. The van der Waals surface area contributed by atoms with E-state index in [2.05, 4.69) is 39.6 Å². The van der Waals surface area contributed by atoms with E-state index in [1.807, 2.05) is 0 Å². The molecule has 2 nitrogen and oxygen atoms in total. The standard InChI is InChI=1S/C11H26N2/c1-6-7-10(3)13(5)11(4)9(2)8-12/h9-11H,6-8,12H2,1-5H3. The topological polar surface area (TPSA) is 29.3 Å². The first-order chi connectivity index (χ1) is 6.04. The Bertz CT molecular complexity index is 125. The van der Waals surface area contributed by atoms with Crippen LogP contribution >= 0.6 is 0 Å². The average Bonchev–Trinajstić information content (AvgIpc) is 2.14. The molecule has 0 aromatic heterocycles. The monoisotopic (exact) mass is 186 g/mol. The summed E-state index contributed by atoms with van der Waals surface area (Å²) in [5.41, 5.74) is 5.66. The summed E-state index contributed by atoms with van der Waals surface area (Å²) >= 11 is 0. The Labute approximate surface area is 83.5 Å². The van der Waals surface area contributed by atoms with E-state index in [4.69, 9.17) is 5.73 Å². The second-order valence-corrected chi connectivity index (χ2v) is 4.26. The van der Waals surface area contributed by atoms with Crippen molar-refractivity contribution in [1.29, 1.82) is 0 Å². The van der Waals surface area contributed by atoms with Crippen LogP contribution in [0.3, 0.4) is 0 Å². The highest BCUT2D eigenvalue weighted by Gasteiger charge is 2.19. The van der Waals surface area contributed by atoms with Crippen molar-refractivity contribution in [3.63, 3.8) is 0 Å². The van der Waals surface area contributed by atoms with Crippen molar-refractivity contribution in [2.24, 2.45) is 11.7 Å². The van der Waals surface area contributed by atoms with Crippen molar-refractivity contribution in [1.82, 2.24) is 4.90 Å². The molecular formula is C11H26N2. The zero-order valence-electron chi connectivity index (χ0n) is 9.88. The maximum absolute atomic E-state index is 5.66. The molecule has 2 N–H and O–H groups in total. The largest absolute Gasteiger partial charge is 0.330 e. The Morgan fingerprint density at radius 2 is 1.77 bits per heavy atom. The number of rotatable bonds is 6. The van der Waals surface area contributed by atoms with Gasteiger partial charge in [-0.1, -0.05) is 20.3 Å². The molecular weight excluding hydrogens is 160 g/mol. The first kappa shape index (κ1) is 12.9. The second-order valence-electron chi connectivity index (χ2n) is 4.26. The van der Waals surface area contributed by atoms with E-state index in [-0.39, 0.29) is 0 Å². The third kappa shape index (κ3) is 4.10. The molecule has 0 rings (SSSR count). The van der Waals surface area contributed by atoms with E-state index >= 15 is 0 Å². The van der Waals surface area contributed by atoms with Gasteiger partial charge in [-0.05, 0) is 39.8 Å². The normalized spacial score (nSPS) is 18.7. The Balaban J connectivity index is 3.99. The SMILES string of the molecule is CCCC(C)N(C)C(C)C(C)CN. The lowest BCUT2D eigenvalue weighted by Gasteiger charge is -2.34. The summed E-state index contributed by atoms with van der Waals surface area (Å²) in [5, 5.41) is 0. The van der Waals surface area contributed by atoms with Crippen LogP contribution in [-0.2, 0) is 0 Å². The molecule has 0 spiro atoms. The maximum Gasteiger partial charge on any atom is 0.0104 e. The van der Waals surface area contributed by atoms with Crippen LogP contribution in [0.2, 0.25) is 0 Å². The minimum absolute atomic E-state index is 0.587. The third-order valence-corrected chi connectivity index (χ3v) is 3.24. The maximum atomic E-state index is 5.66. The molecule has 3 unspecified atom stereocenters. The van der Waals surface area contributed by atoms with Gasteiger partial charge >= 0.3 is 0 Å². The molecule has 2 heteroatoms. The lowest BCUT2D eigenvalue weighted by molar-refractivity contribution is 0.147. The van der Waals surface area contributed by atoms with E-state index in [0.29, 0.717) is 18.0 Å². The van der Waals surface area contributed by atoms with Crippen molar-refractivity contribution < 1.29 is 0 Å². The number of hydrogen-bond acceptors (Lipinski definition) is 2. The molecule has 0 aliphatic rings. The van der Waals surface area contributed by atoms with E-state index in [1.165, 1.54) is 12.8 Å². The average molecular weight is 186 g/mol. The van der Waals surface area contributed by atoms with Gasteiger partial charge in [-0.15, -0.1) is 0 Å². The number of nitrogens with two attached hydrogens (primary N) is 1. The number of hydrogen-bond donors (Lipinski definition) is 1. The van der Waals surface area contributed by atoms with E-state index in [9.17, 15) is 0 Å². The van der Waals surface area contributed by atoms with Crippen LogP contribution in [0.4, 0.5) is 0 Å². The fraction of sp³-hybridized carbons (Fsp3) is 1.00. The van der Waals surface area contributed by atoms with Crippen LogP contribution in [-0.4, -0.2) is 30.6 Å². The van der Waals surface area contributed by atoms with Crippen LogP contribution in [0.15, 0.2) is 0 Å². The Morgan fingerprint density at radius 1 is 1.23 bits per heavy atom. The molecule has 3 atom stereocenters. The summed E-state index contributed by atoms with van der Waals surface area (Å²) < 4.78 is 0. The summed E-state index contributed by atoms with van der Waals surface area (Å²) in [6.45, 7) is 9.80. The van der Waals surface area contributed by atoms with Crippen molar-refractivity contribution in [2.75, 3.05) is 13.6 Å². The van der Waals surface area contributed by atoms with Crippen molar-refractivity contribution in [3.8, 4) is 0 Å². The van der Waals surface area contributed by atoms with Gasteiger partial charge < -0.3 is 10.6 Å². The molecule has 0 amide bonds. The molecule has 0 aliphatic carbocycles. The second kappa shape index (κ2) is 6.39. The third-order valence-electron chi connectivity index (χ3n) is 3.24. The molecule has 0 radical (unpaired) electrons. The van der Waals surface area contributed by atoms with Gasteiger partial charge in [0.05, 0.1) is 0 Å². The fourth-order valence-corrected chi connectivity index (χ4v) is 1.62. The molecule has 80 valence electrons. The van der Waals surface area contributed by atoms with E-state index in [0.717, 1.165) is 6.54 Å². The smallest absolute Gasteiger partial charge is 0.0104 e. The Kier molecular flexibility index (Phi) is 6.35. The Hall–Kier alpha value is -0.0800. The lowest BCUT2D eigenvalue weighted by Crippen LogP contribution is -2.42. The van der Waals surface area contributed by atoms with E-state index in [1.54, 1.807) is 0 Å². The van der Waals surface area contributed by atoms with Gasteiger partial charge in [0, 0.05) is 12.1 Å². The highest BCUT2D eigenvalue weighted by atomic mass is 15.2. The van der Waals surface area contributed by atoms with Crippen LogP contribution in [0.5, 0.6) is 0 Å². The van der Waals surface area contributed by atoms with Crippen LogP contribution in [0.1, 0.15) is 40.5 Å². The molecule has 0 aliphatic heterocycles. The summed E-state index contributed by atoms with van der Waals surface area (Å²) in [7, 11) is 2.21. The molecule has 0 bridgehead atoms. The molecule has 13 heavy (non-hydrogen) atoms. The molecule has 0 fully saturated rings. The number of nitrogens with zero attached hydrogens (tertiary/aromatic N) is 1. The highest BCUT2D eigenvalue weighted by molar-refractivity contribution is 4.74. The van der Waals surface area contributed by atoms with Crippen molar-refractivity contribution >= 4 is 0 Å². The van der Waals surface area contributed by atoms with Gasteiger partial charge in [-0.2, -0.15) is 0 Å². The van der Waals surface area contributed by atoms with Gasteiger partial charge in [-0.25, -0.2) is 0 Å². The van der Waals surface area contributed by atoms with E-state index < -0.39 is 0 Å². The quantitative estimate of drug-likeness (QED) is 0.688.